The summed E-state index contributed by atoms with van der Waals surface area (Å²) >= 11 is 0. The van der Waals surface area contributed by atoms with Crippen molar-refractivity contribution in [1.82, 2.24) is 9.80 Å². The van der Waals surface area contributed by atoms with E-state index < -0.39 is 5.97 Å². The normalized spacial score (nSPS) is 32.0. The molecule has 2 aliphatic rings. The summed E-state index contributed by atoms with van der Waals surface area (Å²) in [4.78, 5) is 26.7. The summed E-state index contributed by atoms with van der Waals surface area (Å²) in [5.41, 5.74) is 0. The highest BCUT2D eigenvalue weighted by Gasteiger charge is 2.35. The summed E-state index contributed by atoms with van der Waals surface area (Å²) in [5.74, 6) is 0.486. The van der Waals surface area contributed by atoms with Crippen LogP contribution in [-0.2, 0) is 4.79 Å². The summed E-state index contributed by atoms with van der Waals surface area (Å²) in [6, 6.07) is 0.0964. The average Bonchev–Trinajstić information content (AvgIpc) is 2.85. The SMILES string of the molecule is CC1CN(C(=O)N2CCC(CC(=O)O)C2)CC1C. The summed E-state index contributed by atoms with van der Waals surface area (Å²) in [5, 5.41) is 8.77. The van der Waals surface area contributed by atoms with Crippen molar-refractivity contribution < 1.29 is 14.7 Å². The molecular formula is C13H22N2O3. The van der Waals surface area contributed by atoms with Gasteiger partial charge in [0, 0.05) is 32.6 Å². The predicted octanol–water partition coefficient (Wildman–Crippen LogP) is 1.49. The molecule has 2 aliphatic heterocycles. The van der Waals surface area contributed by atoms with Gasteiger partial charge in [-0.3, -0.25) is 4.79 Å². The second-order valence-corrected chi connectivity index (χ2v) is 5.84. The molecule has 3 unspecified atom stereocenters. The molecule has 2 rings (SSSR count). The van der Waals surface area contributed by atoms with Gasteiger partial charge in [0.2, 0.25) is 0 Å². The fraction of sp³-hybridized carbons (Fsp3) is 0.846. The van der Waals surface area contributed by atoms with Gasteiger partial charge in [0.15, 0.2) is 0 Å². The highest BCUT2D eigenvalue weighted by molar-refractivity contribution is 5.75. The predicted molar refractivity (Wildman–Crippen MR) is 67.2 cm³/mol. The minimum absolute atomic E-state index is 0.0964. The molecule has 0 aromatic carbocycles. The van der Waals surface area contributed by atoms with Crippen molar-refractivity contribution in [2.45, 2.75) is 26.7 Å². The van der Waals surface area contributed by atoms with Crippen molar-refractivity contribution >= 4 is 12.0 Å². The number of nitrogens with zero attached hydrogens (tertiary/aromatic N) is 2. The van der Waals surface area contributed by atoms with Crippen LogP contribution in [0, 0.1) is 17.8 Å². The highest BCUT2D eigenvalue weighted by atomic mass is 16.4. The number of aliphatic carboxylic acids is 1. The Morgan fingerprint density at radius 2 is 1.72 bits per heavy atom. The zero-order chi connectivity index (χ0) is 13.3. The van der Waals surface area contributed by atoms with E-state index in [1.807, 2.05) is 9.80 Å². The molecule has 0 radical (unpaired) electrons. The van der Waals surface area contributed by atoms with Crippen molar-refractivity contribution in [3.63, 3.8) is 0 Å². The van der Waals surface area contributed by atoms with Crippen LogP contribution >= 0.6 is 0 Å². The quantitative estimate of drug-likeness (QED) is 0.812. The van der Waals surface area contributed by atoms with E-state index in [1.54, 1.807) is 0 Å². The molecule has 18 heavy (non-hydrogen) atoms. The molecule has 0 aliphatic carbocycles. The summed E-state index contributed by atoms with van der Waals surface area (Å²) in [6.45, 7) is 7.32. The molecule has 0 bridgehead atoms. The van der Waals surface area contributed by atoms with Gasteiger partial charge < -0.3 is 14.9 Å². The van der Waals surface area contributed by atoms with Crippen LogP contribution in [0.5, 0.6) is 0 Å². The molecule has 0 spiro atoms. The molecule has 3 atom stereocenters. The van der Waals surface area contributed by atoms with Gasteiger partial charge in [0.25, 0.3) is 0 Å². The largest absolute Gasteiger partial charge is 0.481 e. The molecule has 0 aromatic rings. The summed E-state index contributed by atoms with van der Waals surface area (Å²) in [7, 11) is 0. The number of carbonyl (C=O) groups is 2. The molecule has 1 N–H and O–H groups in total. The van der Waals surface area contributed by atoms with Gasteiger partial charge in [-0.1, -0.05) is 13.8 Å². The minimum Gasteiger partial charge on any atom is -0.481 e. The third kappa shape index (κ3) is 2.76. The zero-order valence-electron chi connectivity index (χ0n) is 11.1. The summed E-state index contributed by atoms with van der Waals surface area (Å²) in [6.07, 6.45) is 0.994. The fourth-order valence-corrected chi connectivity index (χ4v) is 2.91. The molecule has 0 saturated carbocycles. The van der Waals surface area contributed by atoms with Crippen LogP contribution in [0.1, 0.15) is 26.7 Å². The molecular weight excluding hydrogens is 232 g/mol. The van der Waals surface area contributed by atoms with Crippen LogP contribution in [0.4, 0.5) is 4.79 Å². The molecule has 102 valence electrons. The second-order valence-electron chi connectivity index (χ2n) is 5.84. The Balaban J connectivity index is 1.86. The topological polar surface area (TPSA) is 60.9 Å². The van der Waals surface area contributed by atoms with E-state index in [9.17, 15) is 9.59 Å². The highest BCUT2D eigenvalue weighted by Crippen LogP contribution is 2.26. The Hall–Kier alpha value is -1.26. The van der Waals surface area contributed by atoms with Crippen LogP contribution < -0.4 is 0 Å². The Kier molecular flexibility index (Phi) is 3.78. The van der Waals surface area contributed by atoms with Gasteiger partial charge >= 0.3 is 12.0 Å². The monoisotopic (exact) mass is 254 g/mol. The minimum atomic E-state index is -0.766. The fourth-order valence-electron chi connectivity index (χ4n) is 2.91. The van der Waals surface area contributed by atoms with Gasteiger partial charge in [-0.05, 0) is 24.2 Å². The van der Waals surface area contributed by atoms with E-state index in [4.69, 9.17) is 5.11 Å². The molecule has 5 heteroatoms. The number of amides is 2. The van der Waals surface area contributed by atoms with Crippen LogP contribution in [0.15, 0.2) is 0 Å². The number of urea groups is 1. The van der Waals surface area contributed by atoms with Gasteiger partial charge in [0.05, 0.1) is 0 Å². The number of hydrogen-bond acceptors (Lipinski definition) is 2. The molecule has 2 amide bonds. The van der Waals surface area contributed by atoms with Gasteiger partial charge in [0.1, 0.15) is 0 Å². The maximum absolute atomic E-state index is 12.3. The van der Waals surface area contributed by atoms with Crippen molar-refractivity contribution in [3.05, 3.63) is 0 Å². The number of rotatable bonds is 2. The Bertz CT molecular complexity index is 335. The van der Waals surface area contributed by atoms with Crippen molar-refractivity contribution in [1.29, 1.82) is 0 Å². The molecule has 0 aromatic heterocycles. The lowest BCUT2D eigenvalue weighted by molar-refractivity contribution is -0.138. The summed E-state index contributed by atoms with van der Waals surface area (Å²) < 4.78 is 0. The van der Waals surface area contributed by atoms with Crippen LogP contribution in [0.3, 0.4) is 0 Å². The maximum Gasteiger partial charge on any atom is 0.320 e. The Morgan fingerprint density at radius 3 is 2.28 bits per heavy atom. The number of likely N-dealkylation sites (tertiary alicyclic amines) is 2. The van der Waals surface area contributed by atoms with Crippen molar-refractivity contribution in [3.8, 4) is 0 Å². The average molecular weight is 254 g/mol. The first-order chi connectivity index (χ1) is 8.47. The first-order valence-electron chi connectivity index (χ1n) is 6.73. The maximum atomic E-state index is 12.3. The number of hydrogen-bond donors (Lipinski definition) is 1. The van der Waals surface area contributed by atoms with Crippen molar-refractivity contribution in [2.75, 3.05) is 26.2 Å². The lowest BCUT2D eigenvalue weighted by Crippen LogP contribution is -2.41. The lowest BCUT2D eigenvalue weighted by atomic mass is 10.0. The molecule has 2 fully saturated rings. The van der Waals surface area contributed by atoms with E-state index >= 15 is 0 Å². The van der Waals surface area contributed by atoms with Gasteiger partial charge in [-0.2, -0.15) is 0 Å². The van der Waals surface area contributed by atoms with E-state index in [0.717, 1.165) is 19.5 Å². The van der Waals surface area contributed by atoms with E-state index in [2.05, 4.69) is 13.8 Å². The van der Waals surface area contributed by atoms with Gasteiger partial charge in [-0.15, -0.1) is 0 Å². The third-order valence-corrected chi connectivity index (χ3v) is 4.28. The number of carboxylic acids is 1. The lowest BCUT2D eigenvalue weighted by Gasteiger charge is -2.24. The second kappa shape index (κ2) is 5.16. The first kappa shape index (κ1) is 13.2. The van der Waals surface area contributed by atoms with E-state index in [-0.39, 0.29) is 18.4 Å². The molecule has 2 saturated heterocycles. The number of carbonyl (C=O) groups excluding carboxylic acids is 1. The Morgan fingerprint density at radius 1 is 1.11 bits per heavy atom. The Labute approximate surface area is 108 Å². The van der Waals surface area contributed by atoms with Crippen molar-refractivity contribution in [2.24, 2.45) is 17.8 Å². The van der Waals surface area contributed by atoms with E-state index in [0.29, 0.717) is 24.9 Å². The van der Waals surface area contributed by atoms with E-state index in [1.165, 1.54) is 0 Å². The molecule has 5 nitrogen and oxygen atoms in total. The molecule has 2 heterocycles. The van der Waals surface area contributed by atoms with Crippen LogP contribution in [0.2, 0.25) is 0 Å². The van der Waals surface area contributed by atoms with Crippen LogP contribution in [-0.4, -0.2) is 53.1 Å². The third-order valence-electron chi connectivity index (χ3n) is 4.28. The van der Waals surface area contributed by atoms with Gasteiger partial charge in [-0.25, -0.2) is 4.79 Å². The number of carboxylic acid groups (broad SMARTS) is 1. The van der Waals surface area contributed by atoms with Crippen LogP contribution in [0.25, 0.3) is 0 Å². The first-order valence-corrected chi connectivity index (χ1v) is 6.73. The smallest absolute Gasteiger partial charge is 0.320 e. The zero-order valence-corrected chi connectivity index (χ0v) is 11.1. The standard InChI is InChI=1S/C13H22N2O3/c1-9-6-15(7-10(9)2)13(18)14-4-3-11(8-14)5-12(16)17/h9-11H,3-8H2,1-2H3,(H,16,17).